The van der Waals surface area contributed by atoms with E-state index in [0.29, 0.717) is 29.3 Å². The zero-order valence-corrected chi connectivity index (χ0v) is 24.8. The normalized spacial score (nSPS) is 13.0. The summed E-state index contributed by atoms with van der Waals surface area (Å²) in [6.07, 6.45) is 1.13. The number of rotatable bonds is 12. The van der Waals surface area contributed by atoms with Crippen LogP contribution in [0.2, 0.25) is 5.02 Å². The van der Waals surface area contributed by atoms with Crippen LogP contribution in [0.5, 0.6) is 5.75 Å². The Morgan fingerprint density at radius 3 is 2.45 bits per heavy atom. The summed E-state index contributed by atoms with van der Waals surface area (Å²) in [5, 5.41) is 21.0. The van der Waals surface area contributed by atoms with E-state index in [2.05, 4.69) is 33.4 Å². The summed E-state index contributed by atoms with van der Waals surface area (Å²) in [4.78, 5) is 0.0851. The van der Waals surface area contributed by atoms with Crippen LogP contribution in [0.25, 0.3) is 10.8 Å². The Balaban J connectivity index is 1.27. The number of nitrogens with zero attached hydrogens (tertiary/aromatic N) is 1. The second-order valence-corrected chi connectivity index (χ2v) is 12.3. The summed E-state index contributed by atoms with van der Waals surface area (Å²) in [5.74, 6) is 1.44. The van der Waals surface area contributed by atoms with Gasteiger partial charge in [0.25, 0.3) is 10.0 Å². The molecule has 0 bridgehead atoms. The second kappa shape index (κ2) is 12.9. The molecule has 42 heavy (non-hydrogen) atoms. The molecule has 0 fully saturated rings. The summed E-state index contributed by atoms with van der Waals surface area (Å²) in [7, 11) is -2.18. The van der Waals surface area contributed by atoms with E-state index < -0.39 is 16.1 Å². The van der Waals surface area contributed by atoms with E-state index in [0.717, 1.165) is 34.1 Å². The van der Waals surface area contributed by atoms with E-state index in [9.17, 15) is 13.5 Å². The molecule has 10 heteroatoms. The van der Waals surface area contributed by atoms with Gasteiger partial charge in [0.15, 0.2) is 5.82 Å². The van der Waals surface area contributed by atoms with Gasteiger partial charge in [0.2, 0.25) is 0 Å². The van der Waals surface area contributed by atoms with Crippen molar-refractivity contribution in [3.05, 3.63) is 113 Å². The molecule has 4 aromatic carbocycles. The number of hydrogen-bond acceptors (Lipinski definition) is 7. The first kappa shape index (κ1) is 29.4. The lowest BCUT2D eigenvalue weighted by atomic mass is 9.96. The second-order valence-electron chi connectivity index (χ2n) is 10.2. The van der Waals surface area contributed by atoms with Crippen LogP contribution in [-0.4, -0.2) is 31.9 Å². The van der Waals surface area contributed by atoms with Gasteiger partial charge in [0.1, 0.15) is 11.5 Å². The maximum Gasteiger partial charge on any atom is 0.263 e. The topological polar surface area (TPSA) is 114 Å². The van der Waals surface area contributed by atoms with E-state index in [1.54, 1.807) is 32.2 Å². The fraction of sp³-hybridized carbons (Fsp3) is 0.219. The third-order valence-corrected chi connectivity index (χ3v) is 8.62. The molecule has 0 aliphatic heterocycles. The summed E-state index contributed by atoms with van der Waals surface area (Å²) in [5.41, 5.74) is 2.76. The number of aryl methyl sites for hydroxylation is 2. The Labute approximate surface area is 250 Å². The summed E-state index contributed by atoms with van der Waals surface area (Å²) in [6.45, 7) is 1.68. The van der Waals surface area contributed by atoms with Gasteiger partial charge in [-0.1, -0.05) is 53.2 Å². The molecule has 8 nitrogen and oxygen atoms in total. The summed E-state index contributed by atoms with van der Waals surface area (Å²) < 4.78 is 38.2. The number of sulfonamides is 1. The minimum absolute atomic E-state index is 0.0851. The van der Waals surface area contributed by atoms with Crippen molar-refractivity contribution < 1.29 is 22.8 Å². The SMILES string of the molecule is COc1ccc2cc(CCC(O)CC(Nc3ccc(S(=O)(=O)Nc4cc(C)on4)cc3)c3cccc(Cl)c3)ccc2c1. The number of ether oxygens (including phenoxy) is 1. The van der Waals surface area contributed by atoms with Crippen LogP contribution in [0.3, 0.4) is 0 Å². The predicted molar refractivity (Wildman–Crippen MR) is 166 cm³/mol. The highest BCUT2D eigenvalue weighted by molar-refractivity contribution is 7.92. The Bertz CT molecular complexity index is 1770. The molecule has 0 aliphatic carbocycles. The number of nitrogens with one attached hydrogen (secondary N) is 2. The first-order valence-corrected chi connectivity index (χ1v) is 15.4. The van der Waals surface area contributed by atoms with Crippen molar-refractivity contribution in [1.82, 2.24) is 5.16 Å². The molecule has 5 aromatic rings. The molecule has 2 unspecified atom stereocenters. The standard InChI is InChI=1S/C32H32ClN3O5S/c1-21-16-32(35-41-21)36-42(38,39)30-14-10-27(11-15-30)34-31(25-4-3-5-26(33)18-25)20-28(37)12-7-22-6-8-24-19-29(40-2)13-9-23(24)17-22/h3-6,8-11,13-19,28,31,34,37H,7,12,20H2,1-2H3,(H,35,36). The van der Waals surface area contributed by atoms with Gasteiger partial charge in [-0.15, -0.1) is 0 Å². The van der Waals surface area contributed by atoms with Gasteiger partial charge in [0.05, 0.1) is 24.2 Å². The van der Waals surface area contributed by atoms with Crippen LogP contribution in [-0.2, 0) is 16.4 Å². The average Bonchev–Trinajstić information content (AvgIpc) is 3.39. The molecular weight excluding hydrogens is 574 g/mol. The molecule has 0 spiro atoms. The van der Waals surface area contributed by atoms with Crippen LogP contribution in [0.1, 0.15) is 35.8 Å². The molecule has 218 valence electrons. The quantitative estimate of drug-likeness (QED) is 0.138. The van der Waals surface area contributed by atoms with Crippen molar-refractivity contribution in [3.63, 3.8) is 0 Å². The van der Waals surface area contributed by atoms with Crippen molar-refractivity contribution in [2.75, 3.05) is 17.1 Å². The fourth-order valence-electron chi connectivity index (χ4n) is 4.82. The van der Waals surface area contributed by atoms with E-state index in [4.69, 9.17) is 20.9 Å². The van der Waals surface area contributed by atoms with Crippen LogP contribution in [0, 0.1) is 6.92 Å². The lowest BCUT2D eigenvalue weighted by Gasteiger charge is -2.24. The molecule has 3 N–H and O–H groups in total. The Morgan fingerprint density at radius 2 is 1.74 bits per heavy atom. The Kier molecular flexibility index (Phi) is 9.01. The lowest BCUT2D eigenvalue weighted by molar-refractivity contribution is 0.148. The van der Waals surface area contributed by atoms with Crippen molar-refractivity contribution in [2.45, 2.75) is 43.2 Å². The highest BCUT2D eigenvalue weighted by Gasteiger charge is 2.19. The van der Waals surface area contributed by atoms with Gasteiger partial charge in [-0.3, -0.25) is 4.72 Å². The molecule has 0 saturated carbocycles. The largest absolute Gasteiger partial charge is 0.497 e. The van der Waals surface area contributed by atoms with Crippen molar-refractivity contribution in [1.29, 1.82) is 0 Å². The van der Waals surface area contributed by atoms with E-state index in [1.165, 1.54) is 18.2 Å². The molecule has 0 radical (unpaired) electrons. The summed E-state index contributed by atoms with van der Waals surface area (Å²) >= 11 is 6.29. The van der Waals surface area contributed by atoms with Gasteiger partial charge in [0, 0.05) is 16.8 Å². The van der Waals surface area contributed by atoms with Gasteiger partial charge in [-0.25, -0.2) is 8.42 Å². The molecular formula is C32H32ClN3O5S. The van der Waals surface area contributed by atoms with Gasteiger partial charge < -0.3 is 19.7 Å². The third-order valence-electron chi connectivity index (χ3n) is 7.01. The molecule has 0 amide bonds. The molecule has 2 atom stereocenters. The zero-order valence-electron chi connectivity index (χ0n) is 23.2. The first-order valence-electron chi connectivity index (χ1n) is 13.5. The number of fused-ring (bicyclic) bond motifs is 1. The smallest absolute Gasteiger partial charge is 0.263 e. The number of benzene rings is 4. The number of aromatic nitrogens is 1. The number of aliphatic hydroxyl groups excluding tert-OH is 1. The first-order chi connectivity index (χ1) is 20.2. The van der Waals surface area contributed by atoms with Gasteiger partial charge >= 0.3 is 0 Å². The molecule has 0 aliphatic rings. The number of hydrogen-bond donors (Lipinski definition) is 3. The molecule has 0 saturated heterocycles. The number of anilines is 2. The predicted octanol–water partition coefficient (Wildman–Crippen LogP) is 7.14. The molecule has 5 rings (SSSR count). The molecule has 1 heterocycles. The maximum absolute atomic E-state index is 12.8. The fourth-order valence-corrected chi connectivity index (χ4v) is 6.01. The van der Waals surface area contributed by atoms with Crippen LogP contribution >= 0.6 is 11.6 Å². The number of methoxy groups -OCH3 is 1. The van der Waals surface area contributed by atoms with Crippen molar-refractivity contribution in [3.8, 4) is 5.75 Å². The van der Waals surface area contributed by atoms with Gasteiger partial charge in [-0.05, 0) is 96.6 Å². The highest BCUT2D eigenvalue weighted by atomic mass is 35.5. The average molecular weight is 606 g/mol. The number of aliphatic hydroxyl groups is 1. The van der Waals surface area contributed by atoms with Crippen LogP contribution < -0.4 is 14.8 Å². The third kappa shape index (κ3) is 7.42. The minimum atomic E-state index is -3.84. The van der Waals surface area contributed by atoms with Crippen molar-refractivity contribution in [2.24, 2.45) is 0 Å². The Hall–Kier alpha value is -4.05. The summed E-state index contributed by atoms with van der Waals surface area (Å²) in [6, 6.07) is 27.4. The van der Waals surface area contributed by atoms with Crippen LogP contribution in [0.4, 0.5) is 11.5 Å². The van der Waals surface area contributed by atoms with E-state index >= 15 is 0 Å². The Morgan fingerprint density at radius 1 is 0.976 bits per heavy atom. The van der Waals surface area contributed by atoms with E-state index in [-0.39, 0.29) is 16.8 Å². The number of halogens is 1. The van der Waals surface area contributed by atoms with Gasteiger partial charge in [-0.2, -0.15) is 0 Å². The van der Waals surface area contributed by atoms with Crippen LogP contribution in [0.15, 0.2) is 100 Å². The zero-order chi connectivity index (χ0) is 29.7. The lowest BCUT2D eigenvalue weighted by Crippen LogP contribution is -2.19. The highest BCUT2D eigenvalue weighted by Crippen LogP contribution is 2.29. The van der Waals surface area contributed by atoms with Crippen molar-refractivity contribution >= 4 is 43.9 Å². The van der Waals surface area contributed by atoms with E-state index in [1.807, 2.05) is 36.4 Å². The molecule has 1 aromatic heterocycles. The minimum Gasteiger partial charge on any atom is -0.497 e. The maximum atomic E-state index is 12.8. The monoisotopic (exact) mass is 605 g/mol.